The third-order valence-electron chi connectivity index (χ3n) is 2.77. The average molecular weight is 242 g/mol. The lowest BCUT2D eigenvalue weighted by molar-refractivity contribution is 0.168. The molecule has 1 aromatic carbocycles. The third kappa shape index (κ3) is 2.62. The van der Waals surface area contributed by atoms with Crippen LogP contribution in [-0.4, -0.2) is 24.9 Å². The highest BCUT2D eigenvalue weighted by Gasteiger charge is 2.28. The van der Waals surface area contributed by atoms with Gasteiger partial charge in [-0.25, -0.2) is 8.42 Å². The molecule has 0 saturated carbocycles. The Labute approximate surface area is 97.0 Å². The van der Waals surface area contributed by atoms with Crippen LogP contribution >= 0.6 is 0 Å². The van der Waals surface area contributed by atoms with Crippen LogP contribution in [0.25, 0.3) is 0 Å². The quantitative estimate of drug-likeness (QED) is 0.877. The Morgan fingerprint density at radius 2 is 2.00 bits per heavy atom. The van der Waals surface area contributed by atoms with E-state index in [0.29, 0.717) is 6.42 Å². The van der Waals surface area contributed by atoms with Crippen molar-refractivity contribution in [2.24, 2.45) is 0 Å². The number of aryl methyl sites for hydroxylation is 1. The van der Waals surface area contributed by atoms with Gasteiger partial charge in [0.25, 0.3) is 0 Å². The maximum atomic E-state index is 12.1. The Morgan fingerprint density at radius 1 is 1.38 bits per heavy atom. The smallest absolute Gasteiger partial charge is 0.183 e. The number of rotatable bonds is 4. The summed E-state index contributed by atoms with van der Waals surface area (Å²) in [7, 11) is -3.42. The van der Waals surface area contributed by atoms with Gasteiger partial charge < -0.3 is 5.11 Å². The van der Waals surface area contributed by atoms with Gasteiger partial charge in [0, 0.05) is 0 Å². The van der Waals surface area contributed by atoms with Gasteiger partial charge in [-0.05, 0) is 38.0 Å². The fraction of sp³-hybridized carbons (Fsp3) is 0.500. The van der Waals surface area contributed by atoms with E-state index in [1.54, 1.807) is 32.0 Å². The predicted octanol–water partition coefficient (Wildman–Crippen LogP) is 1.93. The van der Waals surface area contributed by atoms with Crippen molar-refractivity contribution in [1.29, 1.82) is 0 Å². The molecule has 0 saturated heterocycles. The number of benzene rings is 1. The summed E-state index contributed by atoms with van der Waals surface area (Å²) in [5.74, 6) is 0. The molecular weight excluding hydrogens is 224 g/mol. The second kappa shape index (κ2) is 4.97. The number of sulfone groups is 1. The first-order valence-electron chi connectivity index (χ1n) is 5.38. The molecule has 0 aromatic heterocycles. The van der Waals surface area contributed by atoms with E-state index in [0.717, 1.165) is 5.56 Å². The van der Waals surface area contributed by atoms with Gasteiger partial charge in [-0.15, -0.1) is 0 Å². The van der Waals surface area contributed by atoms with Gasteiger partial charge in [-0.2, -0.15) is 0 Å². The fourth-order valence-electron chi connectivity index (χ4n) is 1.55. The zero-order valence-electron chi connectivity index (χ0n) is 9.84. The summed E-state index contributed by atoms with van der Waals surface area (Å²) in [5.41, 5.74) is 0.902. The molecule has 0 aliphatic heterocycles. The molecule has 0 bridgehead atoms. The maximum absolute atomic E-state index is 12.1. The molecule has 2 unspecified atom stereocenters. The van der Waals surface area contributed by atoms with E-state index in [9.17, 15) is 13.5 Å². The molecule has 2 atom stereocenters. The van der Waals surface area contributed by atoms with E-state index >= 15 is 0 Å². The van der Waals surface area contributed by atoms with Crippen LogP contribution in [0.2, 0.25) is 0 Å². The first-order chi connectivity index (χ1) is 7.39. The predicted molar refractivity (Wildman–Crippen MR) is 64.1 cm³/mol. The van der Waals surface area contributed by atoms with Gasteiger partial charge in [0.2, 0.25) is 0 Å². The number of hydrogen-bond donors (Lipinski definition) is 1. The minimum absolute atomic E-state index is 0.285. The van der Waals surface area contributed by atoms with Crippen LogP contribution in [0.3, 0.4) is 0 Å². The first kappa shape index (κ1) is 13.2. The Hall–Kier alpha value is -0.870. The molecule has 1 rings (SSSR count). The second-order valence-electron chi connectivity index (χ2n) is 4.04. The van der Waals surface area contributed by atoms with Crippen molar-refractivity contribution >= 4 is 9.84 Å². The van der Waals surface area contributed by atoms with Gasteiger partial charge >= 0.3 is 0 Å². The SMILES string of the molecule is CCC(O)C(C)S(=O)(=O)c1cccc(C)c1. The van der Waals surface area contributed by atoms with Crippen LogP contribution in [0.1, 0.15) is 25.8 Å². The number of aliphatic hydroxyl groups excluding tert-OH is 1. The molecule has 0 aliphatic carbocycles. The van der Waals surface area contributed by atoms with Crippen molar-refractivity contribution < 1.29 is 13.5 Å². The van der Waals surface area contributed by atoms with E-state index in [2.05, 4.69) is 0 Å². The van der Waals surface area contributed by atoms with Crippen LogP contribution in [0, 0.1) is 6.92 Å². The topological polar surface area (TPSA) is 54.4 Å². The van der Waals surface area contributed by atoms with Crippen molar-refractivity contribution in [3.8, 4) is 0 Å². The van der Waals surface area contributed by atoms with Gasteiger partial charge in [0.15, 0.2) is 9.84 Å². The van der Waals surface area contributed by atoms with Crippen LogP contribution in [0.15, 0.2) is 29.2 Å². The Bertz CT molecular complexity index is 451. The fourth-order valence-corrected chi connectivity index (χ4v) is 3.20. The van der Waals surface area contributed by atoms with E-state index in [4.69, 9.17) is 0 Å². The lowest BCUT2D eigenvalue weighted by Gasteiger charge is -2.18. The molecule has 1 N–H and O–H groups in total. The highest BCUT2D eigenvalue weighted by molar-refractivity contribution is 7.92. The molecule has 3 nitrogen and oxygen atoms in total. The molecule has 0 aliphatic rings. The normalized spacial score (nSPS) is 15.8. The summed E-state index contributed by atoms with van der Waals surface area (Å²) in [6.45, 7) is 5.17. The van der Waals surface area contributed by atoms with Gasteiger partial charge in [0.1, 0.15) is 0 Å². The van der Waals surface area contributed by atoms with Gasteiger partial charge in [-0.3, -0.25) is 0 Å². The average Bonchev–Trinajstić information content (AvgIpc) is 2.27. The lowest BCUT2D eigenvalue weighted by atomic mass is 10.2. The summed E-state index contributed by atoms with van der Waals surface area (Å²) in [6, 6.07) is 6.77. The second-order valence-corrected chi connectivity index (χ2v) is 6.35. The lowest BCUT2D eigenvalue weighted by Crippen LogP contribution is -2.30. The summed E-state index contributed by atoms with van der Waals surface area (Å²) < 4.78 is 24.2. The van der Waals surface area contributed by atoms with E-state index in [-0.39, 0.29) is 4.90 Å². The van der Waals surface area contributed by atoms with Gasteiger partial charge in [-0.1, -0.05) is 19.1 Å². The summed E-state index contributed by atoms with van der Waals surface area (Å²) >= 11 is 0. The van der Waals surface area contributed by atoms with Crippen molar-refractivity contribution in [2.75, 3.05) is 0 Å². The van der Waals surface area contributed by atoms with Crippen molar-refractivity contribution in [3.05, 3.63) is 29.8 Å². The monoisotopic (exact) mass is 242 g/mol. The zero-order valence-corrected chi connectivity index (χ0v) is 10.7. The molecule has 1 aromatic rings. The zero-order chi connectivity index (χ0) is 12.3. The number of aliphatic hydroxyl groups is 1. The molecule has 0 fully saturated rings. The summed E-state index contributed by atoms with van der Waals surface area (Å²) in [5, 5.41) is 8.85. The molecule has 0 spiro atoms. The molecule has 16 heavy (non-hydrogen) atoms. The first-order valence-corrected chi connectivity index (χ1v) is 6.93. The van der Waals surface area contributed by atoms with Crippen molar-refractivity contribution in [3.63, 3.8) is 0 Å². The van der Waals surface area contributed by atoms with Crippen LogP contribution in [0.4, 0.5) is 0 Å². The Morgan fingerprint density at radius 3 is 2.50 bits per heavy atom. The van der Waals surface area contributed by atoms with Crippen LogP contribution in [0.5, 0.6) is 0 Å². The van der Waals surface area contributed by atoms with Crippen molar-refractivity contribution in [1.82, 2.24) is 0 Å². The molecule has 4 heteroatoms. The molecule has 0 heterocycles. The molecular formula is C12H18O3S. The molecule has 0 amide bonds. The standard InChI is InChI=1S/C12H18O3S/c1-4-12(13)10(3)16(14,15)11-7-5-6-9(2)8-11/h5-8,10,12-13H,4H2,1-3H3. The summed E-state index contributed by atoms with van der Waals surface area (Å²) in [4.78, 5) is 0.285. The maximum Gasteiger partial charge on any atom is 0.183 e. The minimum atomic E-state index is -3.42. The van der Waals surface area contributed by atoms with Crippen LogP contribution in [-0.2, 0) is 9.84 Å². The molecule has 90 valence electrons. The summed E-state index contributed by atoms with van der Waals surface area (Å²) in [6.07, 6.45) is -0.378. The van der Waals surface area contributed by atoms with E-state index in [1.165, 1.54) is 0 Å². The van der Waals surface area contributed by atoms with Gasteiger partial charge in [0.05, 0.1) is 16.2 Å². The highest BCUT2D eigenvalue weighted by atomic mass is 32.2. The van der Waals surface area contributed by atoms with E-state index < -0.39 is 21.2 Å². The third-order valence-corrected chi connectivity index (χ3v) is 4.97. The number of hydrogen-bond acceptors (Lipinski definition) is 3. The Kier molecular flexibility index (Phi) is 4.10. The highest BCUT2D eigenvalue weighted by Crippen LogP contribution is 2.20. The Balaban J connectivity index is 3.12. The van der Waals surface area contributed by atoms with Crippen LogP contribution < -0.4 is 0 Å². The molecule has 0 radical (unpaired) electrons. The largest absolute Gasteiger partial charge is 0.392 e. The minimum Gasteiger partial charge on any atom is -0.392 e. The van der Waals surface area contributed by atoms with E-state index in [1.807, 2.05) is 13.0 Å². The van der Waals surface area contributed by atoms with Crippen molar-refractivity contribution in [2.45, 2.75) is 43.4 Å².